The standard InChI is InChI=1S/C7H14NO3/c1-4-8(5-2,6-9)11-7(3)10/h6H,4-5H2,1-3H3/q+1. The molecule has 0 saturated carbocycles. The van der Waals surface area contributed by atoms with Crippen molar-refractivity contribution in [2.45, 2.75) is 20.8 Å². The Kier molecular flexibility index (Phi) is 3.74. The van der Waals surface area contributed by atoms with Gasteiger partial charge in [-0.15, -0.1) is 0 Å². The number of hydrogen-bond donors (Lipinski definition) is 0. The third-order valence-corrected chi connectivity index (χ3v) is 1.57. The molecule has 0 unspecified atom stereocenters. The van der Waals surface area contributed by atoms with Gasteiger partial charge in [0, 0.05) is 6.92 Å². The van der Waals surface area contributed by atoms with Crippen LogP contribution in [0.4, 0.5) is 0 Å². The molecule has 11 heavy (non-hydrogen) atoms. The van der Waals surface area contributed by atoms with E-state index in [1.807, 2.05) is 0 Å². The molecule has 0 aromatic carbocycles. The summed E-state index contributed by atoms with van der Waals surface area (Å²) in [6, 6.07) is 0. The molecule has 64 valence electrons. The fraction of sp³-hybridized carbons (Fsp3) is 0.714. The molecule has 0 aliphatic rings. The monoisotopic (exact) mass is 160 g/mol. The van der Waals surface area contributed by atoms with Crippen LogP contribution in [-0.4, -0.2) is 30.1 Å². The van der Waals surface area contributed by atoms with E-state index in [4.69, 9.17) is 4.84 Å². The highest BCUT2D eigenvalue weighted by Crippen LogP contribution is 2.03. The molecule has 1 amide bonds. The average Bonchev–Trinajstić information content (AvgIpc) is 2.00. The summed E-state index contributed by atoms with van der Waals surface area (Å²) in [5.41, 5.74) is 0. The first kappa shape index (κ1) is 10.1. The van der Waals surface area contributed by atoms with Gasteiger partial charge in [-0.3, -0.25) is 4.84 Å². The summed E-state index contributed by atoms with van der Waals surface area (Å²) in [4.78, 5) is 25.9. The van der Waals surface area contributed by atoms with Crippen molar-refractivity contribution < 1.29 is 19.1 Å². The first-order chi connectivity index (χ1) is 5.10. The lowest BCUT2D eigenvalue weighted by molar-refractivity contribution is -1.02. The van der Waals surface area contributed by atoms with Gasteiger partial charge >= 0.3 is 12.4 Å². The molecule has 0 fully saturated rings. The molecule has 4 heteroatoms. The predicted molar refractivity (Wildman–Crippen MR) is 39.2 cm³/mol. The van der Waals surface area contributed by atoms with Gasteiger partial charge in [-0.2, -0.15) is 0 Å². The van der Waals surface area contributed by atoms with Crippen LogP contribution in [-0.2, 0) is 14.4 Å². The quantitative estimate of drug-likeness (QED) is 0.341. The Balaban J connectivity index is 4.28. The lowest BCUT2D eigenvalue weighted by Gasteiger charge is -2.24. The number of nitrogens with zero attached hydrogens (tertiary/aromatic N) is 1. The van der Waals surface area contributed by atoms with E-state index in [9.17, 15) is 9.59 Å². The van der Waals surface area contributed by atoms with Crippen molar-refractivity contribution >= 4 is 12.4 Å². The summed E-state index contributed by atoms with van der Waals surface area (Å²) in [6.07, 6.45) is 0.640. The second kappa shape index (κ2) is 4.08. The van der Waals surface area contributed by atoms with Crippen LogP contribution >= 0.6 is 0 Å². The summed E-state index contributed by atoms with van der Waals surface area (Å²) in [5, 5.41) is 0. The molecule has 4 nitrogen and oxygen atoms in total. The number of hydrogen-bond acceptors (Lipinski definition) is 3. The second-order valence-corrected chi connectivity index (χ2v) is 2.27. The van der Waals surface area contributed by atoms with E-state index in [1.54, 1.807) is 13.8 Å². The van der Waals surface area contributed by atoms with E-state index in [0.29, 0.717) is 19.5 Å². The van der Waals surface area contributed by atoms with Crippen LogP contribution in [0, 0.1) is 0 Å². The number of quaternary nitrogens is 1. The Labute approximate surface area is 66.3 Å². The van der Waals surface area contributed by atoms with Crippen molar-refractivity contribution in [3.8, 4) is 0 Å². The molecule has 0 atom stereocenters. The topological polar surface area (TPSA) is 43.4 Å². The maximum absolute atomic E-state index is 10.5. The average molecular weight is 160 g/mol. The number of rotatable bonds is 4. The predicted octanol–water partition coefficient (Wildman–Crippen LogP) is 0.477. The molecule has 0 aromatic rings. The Morgan fingerprint density at radius 3 is 2.00 bits per heavy atom. The third-order valence-electron chi connectivity index (χ3n) is 1.57. The number of hydroxylamine groups is 3. The zero-order valence-electron chi connectivity index (χ0n) is 7.16. The Morgan fingerprint density at radius 2 is 1.91 bits per heavy atom. The van der Waals surface area contributed by atoms with Gasteiger partial charge in [0.2, 0.25) is 0 Å². The van der Waals surface area contributed by atoms with Gasteiger partial charge in [-0.05, 0) is 13.8 Å². The van der Waals surface area contributed by atoms with E-state index >= 15 is 0 Å². The van der Waals surface area contributed by atoms with Gasteiger partial charge in [-0.25, -0.2) is 9.59 Å². The molecular formula is C7H14NO3+. The fourth-order valence-corrected chi connectivity index (χ4v) is 0.779. The van der Waals surface area contributed by atoms with Crippen molar-refractivity contribution in [1.82, 2.24) is 0 Å². The fourth-order valence-electron chi connectivity index (χ4n) is 0.779. The van der Waals surface area contributed by atoms with Gasteiger partial charge in [0.05, 0.1) is 0 Å². The number of carbonyl (C=O) groups is 2. The molecule has 0 N–H and O–H groups in total. The van der Waals surface area contributed by atoms with Crippen molar-refractivity contribution in [3.05, 3.63) is 0 Å². The van der Waals surface area contributed by atoms with E-state index in [1.165, 1.54) is 6.92 Å². The molecule has 0 bridgehead atoms. The second-order valence-electron chi connectivity index (χ2n) is 2.27. The molecule has 0 aromatic heterocycles. The van der Waals surface area contributed by atoms with Gasteiger partial charge in [0.25, 0.3) is 0 Å². The van der Waals surface area contributed by atoms with Crippen LogP contribution in [0.25, 0.3) is 0 Å². The minimum Gasteiger partial charge on any atom is -0.269 e. The van der Waals surface area contributed by atoms with E-state index < -0.39 is 5.97 Å². The van der Waals surface area contributed by atoms with E-state index in [-0.39, 0.29) is 4.65 Å². The smallest absolute Gasteiger partial charge is 0.269 e. The van der Waals surface area contributed by atoms with Crippen LogP contribution < -0.4 is 0 Å². The highest BCUT2D eigenvalue weighted by molar-refractivity contribution is 5.65. The van der Waals surface area contributed by atoms with Crippen LogP contribution in [0.1, 0.15) is 20.8 Å². The van der Waals surface area contributed by atoms with Gasteiger partial charge in [0.1, 0.15) is 13.1 Å². The van der Waals surface area contributed by atoms with Crippen molar-refractivity contribution in [2.75, 3.05) is 13.1 Å². The molecular weight excluding hydrogens is 146 g/mol. The first-order valence-corrected chi connectivity index (χ1v) is 3.63. The normalized spacial score (nSPS) is 10.8. The number of carbonyl (C=O) groups excluding carboxylic acids is 2. The molecule has 0 aliphatic carbocycles. The minimum absolute atomic E-state index is 0.241. The Hall–Kier alpha value is -0.900. The van der Waals surface area contributed by atoms with Gasteiger partial charge in [-0.1, -0.05) is 4.65 Å². The molecule has 0 spiro atoms. The Bertz CT molecular complexity index is 152. The summed E-state index contributed by atoms with van der Waals surface area (Å²) in [7, 11) is 0. The van der Waals surface area contributed by atoms with Crippen molar-refractivity contribution in [3.63, 3.8) is 0 Å². The van der Waals surface area contributed by atoms with Crippen molar-refractivity contribution in [2.24, 2.45) is 0 Å². The maximum Gasteiger partial charge on any atom is 0.364 e. The van der Waals surface area contributed by atoms with Crippen LogP contribution in [0.3, 0.4) is 0 Å². The summed E-state index contributed by atoms with van der Waals surface area (Å²) >= 11 is 0. The highest BCUT2D eigenvalue weighted by Gasteiger charge is 2.27. The first-order valence-electron chi connectivity index (χ1n) is 3.63. The Morgan fingerprint density at radius 1 is 1.45 bits per heavy atom. The third kappa shape index (κ3) is 2.67. The van der Waals surface area contributed by atoms with Crippen LogP contribution in [0.15, 0.2) is 0 Å². The van der Waals surface area contributed by atoms with Crippen molar-refractivity contribution in [1.29, 1.82) is 0 Å². The molecule has 0 heterocycles. The largest absolute Gasteiger partial charge is 0.364 e. The summed E-state index contributed by atoms with van der Waals surface area (Å²) in [5.74, 6) is -0.430. The zero-order chi connectivity index (χ0) is 8.91. The molecule has 0 aliphatic heterocycles. The lowest BCUT2D eigenvalue weighted by atomic mass is 10.5. The van der Waals surface area contributed by atoms with Gasteiger partial charge < -0.3 is 0 Å². The van der Waals surface area contributed by atoms with Gasteiger partial charge in [0.15, 0.2) is 0 Å². The zero-order valence-corrected chi connectivity index (χ0v) is 7.16. The van der Waals surface area contributed by atoms with Crippen LogP contribution in [0.5, 0.6) is 0 Å². The summed E-state index contributed by atoms with van der Waals surface area (Å²) < 4.78 is -0.241. The minimum atomic E-state index is -0.430. The van der Waals surface area contributed by atoms with E-state index in [2.05, 4.69) is 0 Å². The number of amides is 1. The lowest BCUT2D eigenvalue weighted by Crippen LogP contribution is -2.47. The SMILES string of the molecule is CC[N+](C=O)(CC)OC(C)=O. The highest BCUT2D eigenvalue weighted by atomic mass is 16.7. The van der Waals surface area contributed by atoms with E-state index in [0.717, 1.165) is 0 Å². The molecule has 0 rings (SSSR count). The van der Waals surface area contributed by atoms with Crippen LogP contribution in [0.2, 0.25) is 0 Å². The molecule has 0 radical (unpaired) electrons. The maximum atomic E-state index is 10.5. The summed E-state index contributed by atoms with van der Waals surface area (Å²) in [6.45, 7) is 5.82. The molecule has 0 saturated heterocycles.